The first-order chi connectivity index (χ1) is 12.0. The van der Waals surface area contributed by atoms with E-state index in [2.05, 4.69) is 10.2 Å². The van der Waals surface area contributed by atoms with Gasteiger partial charge in [0, 0.05) is 18.8 Å². The number of rotatable bonds is 8. The number of hydrogen-bond donors (Lipinski definition) is 1. The summed E-state index contributed by atoms with van der Waals surface area (Å²) >= 11 is 14.6. The largest absolute Gasteiger partial charge is 0.343 e. The topological polar surface area (TPSA) is 77.0 Å². The lowest BCUT2D eigenvalue weighted by Gasteiger charge is -2.17. The molecule has 25 heavy (non-hydrogen) atoms. The highest BCUT2D eigenvalue weighted by atomic mass is 35.5. The average molecular weight is 420 g/mol. The molecule has 0 saturated carbocycles. The second-order valence-corrected chi connectivity index (χ2v) is 7.73. The molecule has 0 fully saturated rings. The third-order valence-electron chi connectivity index (χ3n) is 3.43. The van der Waals surface area contributed by atoms with Crippen LogP contribution in [0.1, 0.15) is 19.4 Å². The van der Waals surface area contributed by atoms with Crippen molar-refractivity contribution in [2.24, 2.45) is 0 Å². The summed E-state index contributed by atoms with van der Waals surface area (Å²) in [5.41, 5.74) is 1.01. The molecule has 1 heterocycles. The molecule has 0 bridgehead atoms. The zero-order chi connectivity index (χ0) is 18.4. The molecule has 1 aromatic heterocycles. The summed E-state index contributed by atoms with van der Waals surface area (Å²) in [6.45, 7) is 5.29. The van der Waals surface area contributed by atoms with Gasteiger partial charge in [-0.3, -0.25) is 4.79 Å². The molecule has 10 heteroatoms. The zero-order valence-corrected chi connectivity index (χ0v) is 17.1. The summed E-state index contributed by atoms with van der Waals surface area (Å²) in [6.07, 6.45) is 0. The number of amides is 1. The van der Waals surface area contributed by atoms with Gasteiger partial charge in [0.15, 0.2) is 0 Å². The number of carbonyl (C=O) groups is 1. The Balaban J connectivity index is 1.94. The van der Waals surface area contributed by atoms with Crippen LogP contribution in [0.5, 0.6) is 0 Å². The summed E-state index contributed by atoms with van der Waals surface area (Å²) in [4.78, 5) is 13.8. The number of aromatic nitrogens is 3. The van der Waals surface area contributed by atoms with Gasteiger partial charge in [-0.15, -0.1) is 10.2 Å². The van der Waals surface area contributed by atoms with Crippen molar-refractivity contribution < 1.29 is 4.79 Å². The highest BCUT2D eigenvalue weighted by molar-refractivity contribution is 8.00. The van der Waals surface area contributed by atoms with Crippen LogP contribution in [0, 0.1) is 0 Å². The van der Waals surface area contributed by atoms with E-state index < -0.39 is 0 Å². The van der Waals surface area contributed by atoms with Crippen molar-refractivity contribution in [3.8, 4) is 0 Å². The number of carbonyl (C=O) groups excluding carboxylic acids is 1. The first-order valence-electron chi connectivity index (χ1n) is 7.64. The fourth-order valence-corrected chi connectivity index (χ4v) is 3.97. The van der Waals surface area contributed by atoms with Gasteiger partial charge < -0.3 is 10.7 Å². The van der Waals surface area contributed by atoms with Gasteiger partial charge in [0.25, 0.3) is 0 Å². The number of nitrogen functional groups attached to an aromatic ring is 1. The van der Waals surface area contributed by atoms with Crippen LogP contribution in [0.4, 0.5) is 0 Å². The summed E-state index contributed by atoms with van der Waals surface area (Å²) in [5, 5.41) is 10.3. The minimum absolute atomic E-state index is 0.0583. The van der Waals surface area contributed by atoms with Crippen molar-refractivity contribution in [2.45, 2.75) is 29.9 Å². The highest BCUT2D eigenvalue weighted by Crippen LogP contribution is 2.27. The molecule has 136 valence electrons. The molecular weight excluding hydrogens is 401 g/mol. The Hall–Kier alpha value is -1.09. The van der Waals surface area contributed by atoms with Crippen molar-refractivity contribution in [2.75, 3.05) is 24.7 Å². The third kappa shape index (κ3) is 5.44. The molecule has 0 radical (unpaired) electrons. The van der Waals surface area contributed by atoms with Crippen LogP contribution in [0.15, 0.2) is 28.5 Å². The Kier molecular flexibility index (Phi) is 7.74. The van der Waals surface area contributed by atoms with Crippen LogP contribution < -0.4 is 5.84 Å². The van der Waals surface area contributed by atoms with Crippen LogP contribution in [0.25, 0.3) is 0 Å². The molecule has 0 atom stereocenters. The molecule has 2 aromatic rings. The van der Waals surface area contributed by atoms with Gasteiger partial charge in [-0.2, -0.15) is 0 Å². The van der Waals surface area contributed by atoms with E-state index in [1.54, 1.807) is 11.0 Å². The first kappa shape index (κ1) is 20.2. The number of nitrogens with zero attached hydrogens (tertiary/aromatic N) is 4. The maximum atomic E-state index is 12.0. The second-order valence-electron chi connectivity index (χ2n) is 5.03. The molecule has 1 amide bonds. The Morgan fingerprint density at radius 3 is 2.40 bits per heavy atom. The summed E-state index contributed by atoms with van der Waals surface area (Å²) in [5.74, 6) is 7.01. The molecule has 0 aliphatic carbocycles. The number of thioether (sulfide) groups is 2. The van der Waals surface area contributed by atoms with Crippen LogP contribution in [-0.4, -0.2) is 44.5 Å². The molecule has 0 unspecified atom stereocenters. The number of nitrogens with two attached hydrogens (primary N) is 1. The fraction of sp³-hybridized carbons (Fsp3) is 0.400. The van der Waals surface area contributed by atoms with Gasteiger partial charge in [0.2, 0.25) is 16.2 Å². The lowest BCUT2D eigenvalue weighted by molar-refractivity contribution is -0.127. The van der Waals surface area contributed by atoms with Gasteiger partial charge in [-0.05, 0) is 31.5 Å². The molecule has 0 aliphatic heterocycles. The van der Waals surface area contributed by atoms with Crippen molar-refractivity contribution in [1.82, 2.24) is 19.8 Å². The molecule has 6 nitrogen and oxygen atoms in total. The van der Waals surface area contributed by atoms with Crippen molar-refractivity contribution >= 4 is 52.6 Å². The van der Waals surface area contributed by atoms with E-state index in [0.717, 1.165) is 5.56 Å². The van der Waals surface area contributed by atoms with Gasteiger partial charge in [-0.1, -0.05) is 52.8 Å². The van der Waals surface area contributed by atoms with Gasteiger partial charge in [0.05, 0.1) is 15.8 Å². The summed E-state index contributed by atoms with van der Waals surface area (Å²) in [6, 6.07) is 5.47. The van der Waals surface area contributed by atoms with E-state index in [0.29, 0.717) is 39.2 Å². The highest BCUT2D eigenvalue weighted by Gasteiger charge is 2.15. The van der Waals surface area contributed by atoms with E-state index in [1.165, 1.54) is 28.2 Å². The minimum Gasteiger partial charge on any atom is -0.343 e. The zero-order valence-electron chi connectivity index (χ0n) is 13.9. The number of halogens is 2. The first-order valence-corrected chi connectivity index (χ1v) is 10.4. The molecule has 2 N–H and O–H groups in total. The van der Waals surface area contributed by atoms with Crippen molar-refractivity contribution in [1.29, 1.82) is 0 Å². The Morgan fingerprint density at radius 2 is 1.80 bits per heavy atom. The molecule has 0 aliphatic rings. The maximum absolute atomic E-state index is 12.0. The Bertz CT molecular complexity index is 737. The molecule has 1 aromatic carbocycles. The summed E-state index contributed by atoms with van der Waals surface area (Å²) in [7, 11) is 0. The fourth-order valence-electron chi connectivity index (χ4n) is 2.03. The third-order valence-corrected chi connectivity index (χ3v) is 6.11. The SMILES string of the molecule is CCN(CC)C(=O)CSc1nnc(SCc2ccc(Cl)c(Cl)c2)n1N. The van der Waals surface area contributed by atoms with E-state index in [-0.39, 0.29) is 11.7 Å². The Labute approximate surface area is 165 Å². The van der Waals surface area contributed by atoms with E-state index >= 15 is 0 Å². The van der Waals surface area contributed by atoms with Crippen LogP contribution in [-0.2, 0) is 10.5 Å². The summed E-state index contributed by atoms with van der Waals surface area (Å²) < 4.78 is 1.41. The molecular formula is C15H19Cl2N5OS2. The monoisotopic (exact) mass is 419 g/mol. The van der Waals surface area contributed by atoms with Crippen LogP contribution in [0.3, 0.4) is 0 Å². The second kappa shape index (κ2) is 9.56. The predicted molar refractivity (Wildman–Crippen MR) is 105 cm³/mol. The quantitative estimate of drug-likeness (QED) is 0.520. The van der Waals surface area contributed by atoms with E-state index in [1.807, 2.05) is 26.0 Å². The number of benzene rings is 1. The van der Waals surface area contributed by atoms with Gasteiger partial charge >= 0.3 is 0 Å². The number of hydrogen-bond acceptors (Lipinski definition) is 6. The van der Waals surface area contributed by atoms with Crippen LogP contribution in [0.2, 0.25) is 10.0 Å². The smallest absolute Gasteiger partial charge is 0.233 e. The van der Waals surface area contributed by atoms with Gasteiger partial charge in [-0.25, -0.2) is 4.68 Å². The minimum atomic E-state index is 0.0583. The predicted octanol–water partition coefficient (Wildman–Crippen LogP) is 3.55. The van der Waals surface area contributed by atoms with Crippen molar-refractivity contribution in [3.05, 3.63) is 33.8 Å². The normalized spacial score (nSPS) is 10.9. The lowest BCUT2D eigenvalue weighted by Crippen LogP contribution is -2.32. The molecule has 0 saturated heterocycles. The lowest BCUT2D eigenvalue weighted by atomic mass is 10.2. The van der Waals surface area contributed by atoms with Crippen LogP contribution >= 0.6 is 46.7 Å². The molecule has 0 spiro atoms. The molecule has 2 rings (SSSR count). The van der Waals surface area contributed by atoms with E-state index in [4.69, 9.17) is 29.0 Å². The van der Waals surface area contributed by atoms with Gasteiger partial charge in [0.1, 0.15) is 0 Å². The van der Waals surface area contributed by atoms with E-state index in [9.17, 15) is 4.79 Å². The van der Waals surface area contributed by atoms with Crippen molar-refractivity contribution in [3.63, 3.8) is 0 Å². The standard InChI is InChI=1S/C15H19Cl2N5OS2/c1-3-21(4-2)13(23)9-25-15-20-19-14(22(15)18)24-8-10-5-6-11(16)12(17)7-10/h5-7H,3-4,8-9,18H2,1-2H3. The maximum Gasteiger partial charge on any atom is 0.233 e. The average Bonchev–Trinajstić information content (AvgIpc) is 2.95. The Morgan fingerprint density at radius 1 is 1.16 bits per heavy atom.